The number of hydrogen-bond acceptors (Lipinski definition) is 1. The van der Waals surface area contributed by atoms with Crippen LogP contribution in [0.25, 0.3) is 0 Å². The zero-order chi connectivity index (χ0) is 13.8. The molecule has 0 radical (unpaired) electrons. The lowest BCUT2D eigenvalue weighted by Crippen LogP contribution is -2.40. The number of aryl methyl sites for hydroxylation is 1. The highest BCUT2D eigenvalue weighted by atomic mass is 79.9. The van der Waals surface area contributed by atoms with Crippen LogP contribution in [-0.2, 0) is 0 Å². The van der Waals surface area contributed by atoms with E-state index in [0.717, 1.165) is 46.9 Å². The fourth-order valence-electron chi connectivity index (χ4n) is 2.68. The SMILES string of the molecule is Cc1cc(Br)cc(C(=O)N2CCCC(CCBr)C2)c1. The Kier molecular flexibility index (Phi) is 5.46. The van der Waals surface area contributed by atoms with Crippen LogP contribution in [0.3, 0.4) is 0 Å². The Bertz CT molecular complexity index is 439. The van der Waals surface area contributed by atoms with Gasteiger partial charge in [0.15, 0.2) is 0 Å². The molecule has 4 heteroatoms. The topological polar surface area (TPSA) is 20.3 Å². The molecule has 0 aliphatic carbocycles. The number of nitrogens with zero attached hydrogens (tertiary/aromatic N) is 1. The van der Waals surface area contributed by atoms with Crippen molar-refractivity contribution < 1.29 is 4.79 Å². The van der Waals surface area contributed by atoms with Crippen molar-refractivity contribution in [2.24, 2.45) is 5.92 Å². The van der Waals surface area contributed by atoms with Gasteiger partial charge in [-0.15, -0.1) is 0 Å². The van der Waals surface area contributed by atoms with E-state index in [-0.39, 0.29) is 5.91 Å². The van der Waals surface area contributed by atoms with Crippen LogP contribution in [0.15, 0.2) is 22.7 Å². The van der Waals surface area contributed by atoms with Crippen LogP contribution in [0, 0.1) is 12.8 Å². The molecule has 1 fully saturated rings. The summed E-state index contributed by atoms with van der Waals surface area (Å²) >= 11 is 6.96. The van der Waals surface area contributed by atoms with Gasteiger partial charge in [0.25, 0.3) is 5.91 Å². The van der Waals surface area contributed by atoms with Gasteiger partial charge in [0, 0.05) is 28.5 Å². The number of likely N-dealkylation sites (tertiary alicyclic amines) is 1. The summed E-state index contributed by atoms with van der Waals surface area (Å²) in [6, 6.07) is 5.92. The van der Waals surface area contributed by atoms with Crippen molar-refractivity contribution in [3.8, 4) is 0 Å². The van der Waals surface area contributed by atoms with Gasteiger partial charge in [-0.2, -0.15) is 0 Å². The molecule has 1 atom stereocenters. The van der Waals surface area contributed by atoms with Crippen molar-refractivity contribution in [1.82, 2.24) is 4.90 Å². The largest absolute Gasteiger partial charge is 0.338 e. The van der Waals surface area contributed by atoms with Crippen LogP contribution in [0.2, 0.25) is 0 Å². The average Bonchev–Trinajstić information content (AvgIpc) is 2.37. The third-order valence-electron chi connectivity index (χ3n) is 3.61. The Morgan fingerprint density at radius 1 is 1.42 bits per heavy atom. The Balaban J connectivity index is 2.10. The molecule has 1 heterocycles. The number of benzene rings is 1. The average molecular weight is 389 g/mol. The van der Waals surface area contributed by atoms with E-state index in [1.807, 2.05) is 30.0 Å². The second-order valence-electron chi connectivity index (χ2n) is 5.25. The van der Waals surface area contributed by atoms with Gasteiger partial charge in [-0.25, -0.2) is 0 Å². The highest BCUT2D eigenvalue weighted by molar-refractivity contribution is 9.10. The molecule has 1 aromatic rings. The van der Waals surface area contributed by atoms with Gasteiger partial charge < -0.3 is 4.90 Å². The monoisotopic (exact) mass is 387 g/mol. The van der Waals surface area contributed by atoms with Crippen LogP contribution >= 0.6 is 31.9 Å². The summed E-state index contributed by atoms with van der Waals surface area (Å²) < 4.78 is 0.977. The summed E-state index contributed by atoms with van der Waals surface area (Å²) in [5, 5.41) is 1.02. The zero-order valence-corrected chi connectivity index (χ0v) is 14.3. The summed E-state index contributed by atoms with van der Waals surface area (Å²) in [4.78, 5) is 14.6. The van der Waals surface area contributed by atoms with Gasteiger partial charge in [-0.3, -0.25) is 4.79 Å². The first-order chi connectivity index (χ1) is 9.10. The Morgan fingerprint density at radius 2 is 2.21 bits per heavy atom. The van der Waals surface area contributed by atoms with Crippen molar-refractivity contribution >= 4 is 37.8 Å². The molecule has 104 valence electrons. The van der Waals surface area contributed by atoms with Gasteiger partial charge in [0.1, 0.15) is 0 Å². The maximum Gasteiger partial charge on any atom is 0.253 e. The lowest BCUT2D eigenvalue weighted by atomic mass is 9.95. The Hall–Kier alpha value is -0.350. The third kappa shape index (κ3) is 4.06. The second-order valence-corrected chi connectivity index (χ2v) is 6.96. The minimum atomic E-state index is 0.170. The fourth-order valence-corrected chi connectivity index (χ4v) is 3.94. The minimum absolute atomic E-state index is 0.170. The van der Waals surface area contributed by atoms with E-state index < -0.39 is 0 Å². The molecule has 0 bridgehead atoms. The number of amides is 1. The molecule has 19 heavy (non-hydrogen) atoms. The molecule has 1 amide bonds. The molecule has 1 aliphatic heterocycles. The van der Waals surface area contributed by atoms with Crippen LogP contribution < -0.4 is 0 Å². The standard InChI is InChI=1S/C15H19Br2NO/c1-11-7-13(9-14(17)8-11)15(19)18-6-2-3-12(10-18)4-5-16/h7-9,12H,2-6,10H2,1H3. The molecule has 0 N–H and O–H groups in total. The molecule has 2 rings (SSSR count). The van der Waals surface area contributed by atoms with Crippen molar-refractivity contribution in [2.45, 2.75) is 26.2 Å². The number of rotatable bonds is 3. The van der Waals surface area contributed by atoms with Gasteiger partial charge in [-0.1, -0.05) is 31.9 Å². The van der Waals surface area contributed by atoms with E-state index in [1.165, 1.54) is 6.42 Å². The van der Waals surface area contributed by atoms with Crippen LogP contribution in [0.4, 0.5) is 0 Å². The number of alkyl halides is 1. The predicted molar refractivity (Wildman–Crippen MR) is 85.9 cm³/mol. The maximum absolute atomic E-state index is 12.5. The van der Waals surface area contributed by atoms with Crippen molar-refractivity contribution in [3.05, 3.63) is 33.8 Å². The van der Waals surface area contributed by atoms with E-state index in [4.69, 9.17) is 0 Å². The third-order valence-corrected chi connectivity index (χ3v) is 4.53. The first-order valence-electron chi connectivity index (χ1n) is 6.72. The van der Waals surface area contributed by atoms with Gasteiger partial charge >= 0.3 is 0 Å². The molecule has 1 aliphatic rings. The van der Waals surface area contributed by atoms with Crippen molar-refractivity contribution in [2.75, 3.05) is 18.4 Å². The summed E-state index contributed by atoms with van der Waals surface area (Å²) in [6.07, 6.45) is 3.52. The molecule has 0 saturated carbocycles. The number of carbonyl (C=O) groups is 1. The summed E-state index contributed by atoms with van der Waals surface area (Å²) in [7, 11) is 0. The molecule has 1 saturated heterocycles. The van der Waals surface area contributed by atoms with E-state index >= 15 is 0 Å². The summed E-state index contributed by atoms with van der Waals surface area (Å²) in [6.45, 7) is 3.81. The normalized spacial score (nSPS) is 19.5. The predicted octanol–water partition coefficient (Wildman–Crippen LogP) is 4.39. The highest BCUT2D eigenvalue weighted by Gasteiger charge is 2.24. The number of hydrogen-bond donors (Lipinski definition) is 0. The number of carbonyl (C=O) groups excluding carboxylic acids is 1. The Morgan fingerprint density at radius 3 is 2.89 bits per heavy atom. The molecular weight excluding hydrogens is 370 g/mol. The Labute approximate surface area is 131 Å². The quantitative estimate of drug-likeness (QED) is 0.703. The van der Waals surface area contributed by atoms with Crippen LogP contribution in [-0.4, -0.2) is 29.2 Å². The first-order valence-corrected chi connectivity index (χ1v) is 8.64. The maximum atomic E-state index is 12.5. The molecule has 0 spiro atoms. The first kappa shape index (κ1) is 15.0. The van der Waals surface area contributed by atoms with E-state index in [1.54, 1.807) is 0 Å². The van der Waals surface area contributed by atoms with E-state index in [2.05, 4.69) is 31.9 Å². The summed E-state index contributed by atoms with van der Waals surface area (Å²) in [5.74, 6) is 0.814. The number of halogens is 2. The number of piperidine rings is 1. The fraction of sp³-hybridized carbons (Fsp3) is 0.533. The molecular formula is C15H19Br2NO. The minimum Gasteiger partial charge on any atom is -0.338 e. The zero-order valence-electron chi connectivity index (χ0n) is 11.2. The molecule has 1 aromatic carbocycles. The highest BCUT2D eigenvalue weighted by Crippen LogP contribution is 2.23. The van der Waals surface area contributed by atoms with Crippen LogP contribution in [0.5, 0.6) is 0 Å². The smallest absolute Gasteiger partial charge is 0.253 e. The van der Waals surface area contributed by atoms with Gasteiger partial charge in [-0.05, 0) is 55.9 Å². The van der Waals surface area contributed by atoms with Crippen molar-refractivity contribution in [3.63, 3.8) is 0 Å². The van der Waals surface area contributed by atoms with Crippen LogP contribution in [0.1, 0.15) is 35.2 Å². The van der Waals surface area contributed by atoms with E-state index in [9.17, 15) is 4.79 Å². The van der Waals surface area contributed by atoms with E-state index in [0.29, 0.717) is 5.92 Å². The molecule has 0 aromatic heterocycles. The van der Waals surface area contributed by atoms with Crippen molar-refractivity contribution in [1.29, 1.82) is 0 Å². The lowest BCUT2D eigenvalue weighted by Gasteiger charge is -2.32. The van der Waals surface area contributed by atoms with Gasteiger partial charge in [0.05, 0.1) is 0 Å². The molecule has 1 unspecified atom stereocenters. The van der Waals surface area contributed by atoms with Gasteiger partial charge in [0.2, 0.25) is 0 Å². The molecule has 2 nitrogen and oxygen atoms in total. The lowest BCUT2D eigenvalue weighted by molar-refractivity contribution is 0.0672. The summed E-state index contributed by atoms with van der Waals surface area (Å²) in [5.41, 5.74) is 1.91. The second kappa shape index (κ2) is 6.89.